The molecule has 0 bridgehead atoms. The van der Waals surface area contributed by atoms with E-state index in [1.54, 1.807) is 4.68 Å². The summed E-state index contributed by atoms with van der Waals surface area (Å²) in [6.07, 6.45) is 0.484. The maximum Gasteiger partial charge on any atom is 0.416 e. The highest BCUT2D eigenvalue weighted by atomic mass is 19.4. The van der Waals surface area contributed by atoms with Gasteiger partial charge in [-0.05, 0) is 73.4 Å². The summed E-state index contributed by atoms with van der Waals surface area (Å²) in [6, 6.07) is 7.47. The molecular weight excluding hydrogens is 557 g/mol. The molecule has 1 fully saturated rings. The lowest BCUT2D eigenvalue weighted by Crippen LogP contribution is -2.43. The number of benzene rings is 2. The summed E-state index contributed by atoms with van der Waals surface area (Å²) >= 11 is 0. The van der Waals surface area contributed by atoms with Crippen molar-refractivity contribution in [2.45, 2.75) is 44.3 Å². The fourth-order valence-electron chi connectivity index (χ4n) is 4.96. The number of hydrogen-bond donors (Lipinski definition) is 4. The third-order valence-corrected chi connectivity index (χ3v) is 6.90. The first-order chi connectivity index (χ1) is 19.9. The van der Waals surface area contributed by atoms with Crippen molar-refractivity contribution >= 4 is 35.2 Å². The van der Waals surface area contributed by atoms with Crippen LogP contribution in [0.25, 0.3) is 0 Å². The lowest BCUT2D eigenvalue weighted by molar-refractivity contribution is -0.787. The van der Waals surface area contributed by atoms with Crippen molar-refractivity contribution in [3.8, 4) is 0 Å². The lowest BCUT2D eigenvalue weighted by atomic mass is 9.86. The summed E-state index contributed by atoms with van der Waals surface area (Å²) in [5.74, 6) is -1.12. The molecule has 0 unspecified atom stereocenters. The van der Waals surface area contributed by atoms with E-state index in [0.717, 1.165) is 44.4 Å². The van der Waals surface area contributed by atoms with Crippen molar-refractivity contribution < 1.29 is 41.9 Å². The number of urea groups is 1. The molecule has 4 rings (SSSR count). The number of halogens is 3. The molecular formula is C28H32F3N6O5+. The van der Waals surface area contributed by atoms with Crippen molar-refractivity contribution in [2.75, 3.05) is 36.6 Å². The molecule has 0 aliphatic heterocycles. The van der Waals surface area contributed by atoms with Crippen molar-refractivity contribution in [1.82, 2.24) is 10.2 Å². The SMILES string of the molecule is CN(C)CC1CCC([n+]2cc(NC(=O)Nc3cc(NC(=O)Cc4ccc(C(=O)O)cc4)cc(C(F)(F)F)c3)on2)CC1. The van der Waals surface area contributed by atoms with Gasteiger partial charge in [0.1, 0.15) is 0 Å². The van der Waals surface area contributed by atoms with Crippen LogP contribution in [0.2, 0.25) is 0 Å². The zero-order valence-corrected chi connectivity index (χ0v) is 23.1. The van der Waals surface area contributed by atoms with E-state index < -0.39 is 29.6 Å². The van der Waals surface area contributed by atoms with Crippen LogP contribution in [0.4, 0.5) is 35.2 Å². The number of hydrogen-bond acceptors (Lipinski definition) is 6. The van der Waals surface area contributed by atoms with Crippen LogP contribution in [0.15, 0.2) is 53.2 Å². The van der Waals surface area contributed by atoms with Crippen LogP contribution in [0.5, 0.6) is 0 Å². The maximum atomic E-state index is 13.6. The van der Waals surface area contributed by atoms with E-state index in [-0.39, 0.29) is 35.3 Å². The molecule has 0 atom stereocenters. The number of carboxylic acid groups (broad SMARTS) is 1. The Morgan fingerprint density at radius 2 is 1.64 bits per heavy atom. The Balaban J connectivity index is 1.38. The highest BCUT2D eigenvalue weighted by Gasteiger charge is 2.32. The number of amides is 3. The van der Waals surface area contributed by atoms with Gasteiger partial charge < -0.3 is 20.6 Å². The van der Waals surface area contributed by atoms with Gasteiger partial charge in [-0.2, -0.15) is 13.2 Å². The minimum absolute atomic E-state index is 0.0253. The number of alkyl halides is 3. The van der Waals surface area contributed by atoms with Crippen molar-refractivity contribution in [2.24, 2.45) is 5.92 Å². The summed E-state index contributed by atoms with van der Waals surface area (Å²) in [7, 11) is 4.09. The van der Waals surface area contributed by atoms with Crippen LogP contribution in [0.1, 0.15) is 53.2 Å². The highest BCUT2D eigenvalue weighted by Crippen LogP contribution is 2.34. The molecule has 3 aromatic rings. The van der Waals surface area contributed by atoms with Crippen LogP contribution >= 0.6 is 0 Å². The second-order valence-corrected chi connectivity index (χ2v) is 10.6. The van der Waals surface area contributed by atoms with Gasteiger partial charge >= 0.3 is 24.1 Å². The number of carbonyl (C=O) groups is 3. The maximum absolute atomic E-state index is 13.6. The van der Waals surface area contributed by atoms with Crippen molar-refractivity contribution in [3.63, 3.8) is 0 Å². The number of anilines is 3. The van der Waals surface area contributed by atoms with Gasteiger partial charge in [-0.25, -0.2) is 9.59 Å². The largest absolute Gasteiger partial charge is 0.478 e. The Morgan fingerprint density at radius 1 is 1.00 bits per heavy atom. The van der Waals surface area contributed by atoms with Crippen LogP contribution in [0, 0.1) is 5.92 Å². The Kier molecular flexibility index (Phi) is 9.45. The average Bonchev–Trinajstić information content (AvgIpc) is 3.36. The van der Waals surface area contributed by atoms with Crippen LogP contribution < -0.4 is 20.6 Å². The van der Waals surface area contributed by atoms with Crippen LogP contribution in [-0.2, 0) is 17.4 Å². The minimum atomic E-state index is -4.75. The van der Waals surface area contributed by atoms with Gasteiger partial charge in [-0.15, -0.1) is 0 Å². The molecule has 4 N–H and O–H groups in total. The summed E-state index contributed by atoms with van der Waals surface area (Å²) in [6.45, 7) is 1.02. The first kappa shape index (κ1) is 30.5. The van der Waals surface area contributed by atoms with Gasteiger partial charge in [-0.1, -0.05) is 12.1 Å². The number of aromatic nitrogens is 2. The molecule has 0 radical (unpaired) electrons. The summed E-state index contributed by atoms with van der Waals surface area (Å²) < 4.78 is 47.6. The molecule has 1 aliphatic rings. The molecule has 14 heteroatoms. The Hall–Kier alpha value is -4.46. The van der Waals surface area contributed by atoms with Gasteiger partial charge in [0.15, 0.2) is 6.04 Å². The predicted molar refractivity (Wildman–Crippen MR) is 146 cm³/mol. The highest BCUT2D eigenvalue weighted by molar-refractivity contribution is 6.00. The third-order valence-electron chi connectivity index (χ3n) is 6.90. The second kappa shape index (κ2) is 13.0. The first-order valence-electron chi connectivity index (χ1n) is 13.3. The van der Waals surface area contributed by atoms with E-state index in [1.807, 2.05) is 14.1 Å². The fraction of sp³-hybridized carbons (Fsp3) is 0.393. The summed E-state index contributed by atoms with van der Waals surface area (Å²) in [4.78, 5) is 38.2. The topological polar surface area (TPSA) is 141 Å². The normalized spacial score (nSPS) is 17.1. The first-order valence-corrected chi connectivity index (χ1v) is 13.3. The zero-order valence-electron chi connectivity index (χ0n) is 23.1. The summed E-state index contributed by atoms with van der Waals surface area (Å²) in [5, 5.41) is 20.1. The minimum Gasteiger partial charge on any atom is -0.478 e. The smallest absolute Gasteiger partial charge is 0.416 e. The molecule has 1 heterocycles. The number of carboxylic acids is 1. The van der Waals surface area contributed by atoms with E-state index in [4.69, 9.17) is 9.63 Å². The predicted octanol–water partition coefficient (Wildman–Crippen LogP) is 4.80. The number of nitrogens with zero attached hydrogens (tertiary/aromatic N) is 3. The molecule has 1 aromatic heterocycles. The molecule has 42 heavy (non-hydrogen) atoms. The standard InChI is InChI=1S/C28H31F3N6O5/c1-36(2)15-18-5-9-23(10-6-18)37-16-25(42-35-37)34-27(41)33-22-13-20(28(29,30)31)12-21(14-22)32-24(38)11-17-3-7-19(8-4-17)26(39)40/h3-4,7-8,12-14,16,18,23H,5-6,9-11,15H2,1-2H3,(H3-,32,33,34,35,38,39,40,41)/p+1. The molecule has 11 nitrogen and oxygen atoms in total. The number of carbonyl (C=O) groups excluding carboxylic acids is 2. The lowest BCUT2D eigenvalue weighted by Gasteiger charge is -2.26. The fourth-order valence-corrected chi connectivity index (χ4v) is 4.96. The van der Waals surface area contributed by atoms with E-state index in [0.29, 0.717) is 11.5 Å². The van der Waals surface area contributed by atoms with Crippen molar-refractivity contribution in [1.29, 1.82) is 0 Å². The summed E-state index contributed by atoms with van der Waals surface area (Å²) in [5.41, 5.74) is -0.976. The molecule has 0 saturated heterocycles. The monoisotopic (exact) mass is 589 g/mol. The Labute approximate surface area is 239 Å². The second-order valence-electron chi connectivity index (χ2n) is 10.6. The molecule has 2 aromatic carbocycles. The van der Waals surface area contributed by atoms with E-state index in [2.05, 4.69) is 26.1 Å². The van der Waals surface area contributed by atoms with Gasteiger partial charge in [0.2, 0.25) is 11.2 Å². The third kappa shape index (κ3) is 8.52. The molecule has 3 amide bonds. The Morgan fingerprint density at radius 3 is 2.24 bits per heavy atom. The quantitative estimate of drug-likeness (QED) is 0.263. The van der Waals surface area contributed by atoms with Gasteiger partial charge in [0.25, 0.3) is 6.20 Å². The van der Waals surface area contributed by atoms with E-state index in [1.165, 1.54) is 36.5 Å². The molecule has 0 spiro atoms. The zero-order chi connectivity index (χ0) is 30.4. The number of rotatable bonds is 9. The van der Waals surface area contributed by atoms with Gasteiger partial charge in [0, 0.05) is 30.8 Å². The van der Waals surface area contributed by atoms with Crippen LogP contribution in [-0.4, -0.2) is 53.8 Å². The molecule has 1 saturated carbocycles. The molecule has 1 aliphatic carbocycles. The van der Waals surface area contributed by atoms with Gasteiger partial charge in [-0.3, -0.25) is 14.6 Å². The number of aromatic carboxylic acids is 1. The van der Waals surface area contributed by atoms with Crippen molar-refractivity contribution in [3.05, 3.63) is 65.4 Å². The van der Waals surface area contributed by atoms with E-state index >= 15 is 0 Å². The van der Waals surface area contributed by atoms with Crippen LogP contribution in [0.3, 0.4) is 0 Å². The van der Waals surface area contributed by atoms with Gasteiger partial charge in [0.05, 0.1) is 17.5 Å². The molecule has 224 valence electrons. The Bertz CT molecular complexity index is 1420. The average molecular weight is 590 g/mol. The van der Waals surface area contributed by atoms with E-state index in [9.17, 15) is 27.6 Å². The number of nitrogens with one attached hydrogen (secondary N) is 3.